The molecule has 3 unspecified atom stereocenters. The van der Waals surface area contributed by atoms with E-state index in [1.807, 2.05) is 96.1 Å². The first-order valence-electron chi connectivity index (χ1n) is 20.8. The Hall–Kier alpha value is -5.66. The molecule has 1 aromatic heterocycles. The standard InChI is InChI=1S/C46H59N5O9/c1-9-30-25-46(30,42(55)56)49-40(53)37-22-32(59-38-24-35(29-13-11-10-12-14-29)48-36-21-31(58-8)15-16-33(36)38)27-51(37)41(54)34(44(2,3)4)23-39(52)50-19-17-28(18-20-50)26-47-43(57)60-45(5,6)7/h9-16,21,24,28,30,32,34,37H,1,17-20,22-23,25-27H2,2-8H3,(H,47,57)(H,49,53)(H,55,56)/t30?,32-,34?,37+,46?/m1/s1. The summed E-state index contributed by atoms with van der Waals surface area (Å²) in [5, 5.41) is 16.5. The second-order valence-electron chi connectivity index (χ2n) is 18.4. The molecule has 14 nitrogen and oxygen atoms in total. The molecule has 14 heteroatoms. The summed E-state index contributed by atoms with van der Waals surface area (Å²) in [4.78, 5) is 75.9. The number of piperidine rings is 1. The lowest BCUT2D eigenvalue weighted by molar-refractivity contribution is -0.150. The number of hydrogen-bond donors (Lipinski definition) is 3. The minimum Gasteiger partial charge on any atom is -0.497 e. The van der Waals surface area contributed by atoms with Gasteiger partial charge in [-0.2, -0.15) is 0 Å². The van der Waals surface area contributed by atoms with Gasteiger partial charge in [0, 0.05) is 61.5 Å². The van der Waals surface area contributed by atoms with Crippen molar-refractivity contribution in [3.05, 3.63) is 67.3 Å². The maximum Gasteiger partial charge on any atom is 0.407 e. The van der Waals surface area contributed by atoms with Crippen molar-refractivity contribution in [2.45, 2.75) is 96.9 Å². The number of rotatable bonds is 13. The predicted molar refractivity (Wildman–Crippen MR) is 226 cm³/mol. The molecule has 4 amide bonds. The smallest absolute Gasteiger partial charge is 0.407 e. The number of pyridine rings is 1. The highest BCUT2D eigenvalue weighted by atomic mass is 16.6. The first kappa shape index (κ1) is 43.9. The highest BCUT2D eigenvalue weighted by Crippen LogP contribution is 2.45. The Labute approximate surface area is 352 Å². The molecule has 0 spiro atoms. The van der Waals surface area contributed by atoms with E-state index in [1.54, 1.807) is 12.0 Å². The molecule has 1 aliphatic carbocycles. The van der Waals surface area contributed by atoms with Crippen molar-refractivity contribution in [3.8, 4) is 22.8 Å². The predicted octanol–water partition coefficient (Wildman–Crippen LogP) is 6.22. The largest absolute Gasteiger partial charge is 0.497 e. The molecule has 3 fully saturated rings. The average Bonchev–Trinajstić information content (AvgIpc) is 3.77. The van der Waals surface area contributed by atoms with Crippen molar-refractivity contribution >= 4 is 40.7 Å². The van der Waals surface area contributed by atoms with Crippen LogP contribution in [0.2, 0.25) is 0 Å². The lowest BCUT2D eigenvalue weighted by atomic mass is 9.77. The third-order valence-electron chi connectivity index (χ3n) is 11.8. The van der Waals surface area contributed by atoms with E-state index in [1.165, 1.54) is 11.0 Å². The number of nitrogens with zero attached hydrogens (tertiary/aromatic N) is 3. The fraction of sp³-hybridized carbons (Fsp3) is 0.522. The van der Waals surface area contributed by atoms with E-state index in [2.05, 4.69) is 17.2 Å². The number of amides is 4. The number of carbonyl (C=O) groups is 5. The van der Waals surface area contributed by atoms with Crippen LogP contribution < -0.4 is 20.1 Å². The first-order chi connectivity index (χ1) is 28.3. The number of hydrogen-bond acceptors (Lipinski definition) is 9. The van der Waals surface area contributed by atoms with Crippen molar-refractivity contribution in [2.24, 2.45) is 23.2 Å². The van der Waals surface area contributed by atoms with Crippen molar-refractivity contribution < 1.29 is 43.3 Å². The maximum absolute atomic E-state index is 14.9. The summed E-state index contributed by atoms with van der Waals surface area (Å²) in [7, 11) is 1.58. The van der Waals surface area contributed by atoms with Gasteiger partial charge >= 0.3 is 12.1 Å². The number of ether oxygens (including phenoxy) is 3. The van der Waals surface area contributed by atoms with Gasteiger partial charge in [-0.3, -0.25) is 14.4 Å². The van der Waals surface area contributed by atoms with Crippen LogP contribution in [0.15, 0.2) is 67.3 Å². The summed E-state index contributed by atoms with van der Waals surface area (Å²) in [6, 6.07) is 15.9. The van der Waals surface area contributed by atoms with Crippen LogP contribution in [0, 0.1) is 23.2 Å². The zero-order chi connectivity index (χ0) is 43.6. The van der Waals surface area contributed by atoms with Gasteiger partial charge in [0.1, 0.15) is 34.8 Å². The summed E-state index contributed by atoms with van der Waals surface area (Å²) < 4.78 is 17.6. The molecule has 0 bridgehead atoms. The average molecular weight is 826 g/mol. The third kappa shape index (κ3) is 10.0. The molecule has 0 radical (unpaired) electrons. The summed E-state index contributed by atoms with van der Waals surface area (Å²) in [5.41, 5.74) is -0.629. The number of benzene rings is 2. The van der Waals surface area contributed by atoms with Crippen molar-refractivity contribution in [3.63, 3.8) is 0 Å². The zero-order valence-electron chi connectivity index (χ0n) is 35.8. The Morgan fingerprint density at radius 3 is 2.32 bits per heavy atom. The highest BCUT2D eigenvalue weighted by molar-refractivity contribution is 5.96. The van der Waals surface area contributed by atoms with E-state index in [-0.39, 0.29) is 43.5 Å². The molecule has 3 heterocycles. The highest BCUT2D eigenvalue weighted by Gasteiger charge is 2.61. The van der Waals surface area contributed by atoms with Crippen molar-refractivity contribution in [1.29, 1.82) is 0 Å². The number of methoxy groups -OCH3 is 1. The van der Waals surface area contributed by atoms with E-state index < -0.39 is 58.5 Å². The fourth-order valence-corrected chi connectivity index (χ4v) is 8.23. The van der Waals surface area contributed by atoms with Crippen molar-refractivity contribution in [1.82, 2.24) is 25.4 Å². The minimum absolute atomic E-state index is 0.0271. The first-order valence-corrected chi connectivity index (χ1v) is 20.8. The maximum atomic E-state index is 14.9. The van der Waals surface area contributed by atoms with E-state index in [4.69, 9.17) is 19.2 Å². The van der Waals surface area contributed by atoms with E-state index in [9.17, 15) is 29.1 Å². The van der Waals surface area contributed by atoms with Gasteiger partial charge in [0.25, 0.3) is 0 Å². The molecule has 60 heavy (non-hydrogen) atoms. The number of carbonyl (C=O) groups excluding carboxylic acids is 4. The van der Waals surface area contributed by atoms with Crippen LogP contribution in [0.5, 0.6) is 11.5 Å². The molecule has 5 atom stereocenters. The van der Waals surface area contributed by atoms with Gasteiger partial charge in [0.05, 0.1) is 30.8 Å². The van der Waals surface area contributed by atoms with Crippen LogP contribution >= 0.6 is 0 Å². The Morgan fingerprint density at radius 1 is 1.02 bits per heavy atom. The Kier molecular flexibility index (Phi) is 12.8. The molecule has 2 saturated heterocycles. The molecule has 6 rings (SSSR count). The zero-order valence-corrected chi connectivity index (χ0v) is 35.8. The fourth-order valence-electron chi connectivity index (χ4n) is 8.23. The number of fused-ring (bicyclic) bond motifs is 1. The summed E-state index contributed by atoms with van der Waals surface area (Å²) in [6.07, 6.45) is 1.95. The SMILES string of the molecule is C=CC1CC1(NC(=O)[C@@H]1C[C@@H](Oc2cc(-c3ccccc3)nc3cc(OC)ccc23)CN1C(=O)C(CC(=O)N1CCC(CNC(=O)OC(C)(C)C)CC1)C(C)(C)C)C(=O)O. The molecule has 2 aliphatic heterocycles. The minimum atomic E-state index is -1.51. The monoisotopic (exact) mass is 825 g/mol. The van der Waals surface area contributed by atoms with Gasteiger partial charge in [0.2, 0.25) is 17.7 Å². The number of carboxylic acids is 1. The number of alkyl carbamates (subject to hydrolysis) is 1. The van der Waals surface area contributed by atoms with E-state index in [0.717, 1.165) is 5.56 Å². The third-order valence-corrected chi connectivity index (χ3v) is 11.8. The topological polar surface area (TPSA) is 177 Å². The van der Waals surface area contributed by atoms with Crippen LogP contribution in [0.4, 0.5) is 4.79 Å². The van der Waals surface area contributed by atoms with Crippen LogP contribution in [-0.2, 0) is 23.9 Å². The van der Waals surface area contributed by atoms with Gasteiger partial charge in [-0.1, -0.05) is 57.2 Å². The molecule has 1 saturated carbocycles. The van der Waals surface area contributed by atoms with Crippen LogP contribution in [-0.4, -0.2) is 106 Å². The van der Waals surface area contributed by atoms with Crippen LogP contribution in [0.1, 0.15) is 73.6 Å². The second-order valence-corrected chi connectivity index (χ2v) is 18.4. The molecule has 3 N–H and O–H groups in total. The molecular weight excluding hydrogens is 767 g/mol. The number of carboxylic acid groups (broad SMARTS) is 1. The van der Waals surface area contributed by atoms with Crippen LogP contribution in [0.25, 0.3) is 22.2 Å². The lowest BCUT2D eigenvalue weighted by Crippen LogP contribution is -2.55. The van der Waals surface area contributed by atoms with Gasteiger partial charge in [-0.25, -0.2) is 14.6 Å². The second kappa shape index (κ2) is 17.5. The molecular formula is C46H59N5O9. The molecule has 3 aromatic rings. The Bertz CT molecular complexity index is 2100. The number of aromatic nitrogens is 1. The van der Waals surface area contributed by atoms with E-state index in [0.29, 0.717) is 60.6 Å². The van der Waals surface area contributed by atoms with Gasteiger partial charge < -0.3 is 39.8 Å². The molecule has 2 aromatic carbocycles. The van der Waals surface area contributed by atoms with Crippen molar-refractivity contribution in [2.75, 3.05) is 33.3 Å². The van der Waals surface area contributed by atoms with E-state index >= 15 is 0 Å². The number of likely N-dealkylation sites (tertiary alicyclic amines) is 2. The summed E-state index contributed by atoms with van der Waals surface area (Å²) in [6.45, 7) is 16.3. The lowest BCUT2D eigenvalue weighted by Gasteiger charge is -2.37. The Balaban J connectivity index is 1.23. The molecule has 322 valence electrons. The normalized spacial score (nSPS) is 22.4. The quantitative estimate of drug-likeness (QED) is 0.168. The van der Waals surface area contributed by atoms with Gasteiger partial charge in [-0.15, -0.1) is 6.58 Å². The molecule has 3 aliphatic rings. The summed E-state index contributed by atoms with van der Waals surface area (Å²) >= 11 is 0. The summed E-state index contributed by atoms with van der Waals surface area (Å²) in [5.74, 6) is -2.28. The number of nitrogens with one attached hydrogen (secondary N) is 2. The number of aliphatic carboxylic acids is 1. The van der Waals surface area contributed by atoms with Gasteiger partial charge in [-0.05, 0) is 63.5 Å². The Morgan fingerprint density at radius 2 is 1.72 bits per heavy atom. The van der Waals surface area contributed by atoms with Gasteiger partial charge in [0.15, 0.2) is 0 Å². The van der Waals surface area contributed by atoms with Crippen LogP contribution in [0.3, 0.4) is 0 Å².